The second-order valence-corrected chi connectivity index (χ2v) is 5.77. The normalized spacial score (nSPS) is 10.8. The molecule has 1 aromatic heterocycles. The number of imidazole rings is 1. The molecule has 0 bridgehead atoms. The van der Waals surface area contributed by atoms with Crippen LogP contribution in [0.25, 0.3) is 16.7 Å². The Hall–Kier alpha value is -3.67. The van der Waals surface area contributed by atoms with Gasteiger partial charge in [-0.1, -0.05) is 12.1 Å². The highest BCUT2D eigenvalue weighted by molar-refractivity contribution is 5.96. The summed E-state index contributed by atoms with van der Waals surface area (Å²) in [6.07, 6.45) is 1.70. The Balaban J connectivity index is 1.80. The molecule has 128 valence electrons. The predicted molar refractivity (Wildman–Crippen MR) is 97.7 cm³/mol. The lowest BCUT2D eigenvalue weighted by molar-refractivity contribution is 0.0698. The average molecular weight is 347 g/mol. The van der Waals surface area contributed by atoms with E-state index in [0.717, 1.165) is 16.7 Å². The van der Waals surface area contributed by atoms with Crippen LogP contribution in [0.1, 0.15) is 10.4 Å². The van der Waals surface area contributed by atoms with Gasteiger partial charge in [-0.2, -0.15) is 0 Å². The first-order valence-corrected chi connectivity index (χ1v) is 7.94. The Morgan fingerprint density at radius 1 is 1.04 bits per heavy atom. The average Bonchev–Trinajstić information content (AvgIpc) is 3.07. The molecule has 0 saturated heterocycles. The molecule has 0 aliphatic heterocycles. The zero-order valence-electron chi connectivity index (χ0n) is 13.6. The van der Waals surface area contributed by atoms with Crippen molar-refractivity contribution in [3.63, 3.8) is 0 Å². The minimum atomic E-state index is -1.04. The van der Waals surface area contributed by atoms with Gasteiger partial charge in [0.25, 0.3) is 0 Å². The molecule has 4 aromatic rings. The second-order valence-electron chi connectivity index (χ2n) is 5.77. The van der Waals surface area contributed by atoms with Crippen LogP contribution in [0.2, 0.25) is 0 Å². The highest BCUT2D eigenvalue weighted by Crippen LogP contribution is 2.26. The molecule has 2 N–H and O–H groups in total. The van der Waals surface area contributed by atoms with E-state index < -0.39 is 5.97 Å². The van der Waals surface area contributed by atoms with Crippen LogP contribution in [0.3, 0.4) is 0 Å². The molecule has 4 rings (SSSR count). The summed E-state index contributed by atoms with van der Waals surface area (Å²) in [5.74, 6) is -1.40. The van der Waals surface area contributed by atoms with Crippen LogP contribution in [-0.4, -0.2) is 20.6 Å². The zero-order valence-corrected chi connectivity index (χ0v) is 13.6. The second kappa shape index (κ2) is 6.33. The van der Waals surface area contributed by atoms with Gasteiger partial charge in [-0.05, 0) is 54.6 Å². The molecule has 0 saturated carbocycles. The summed E-state index contributed by atoms with van der Waals surface area (Å²) < 4.78 is 15.0. The molecular weight excluding hydrogens is 333 g/mol. The smallest absolute Gasteiger partial charge is 0.337 e. The zero-order chi connectivity index (χ0) is 18.1. The minimum absolute atomic E-state index is 0.127. The predicted octanol–water partition coefficient (Wildman–Crippen LogP) is 4.61. The van der Waals surface area contributed by atoms with E-state index in [1.807, 2.05) is 28.8 Å². The third-order valence-corrected chi connectivity index (χ3v) is 4.09. The molecule has 0 atom stereocenters. The fourth-order valence-electron chi connectivity index (χ4n) is 2.83. The lowest BCUT2D eigenvalue weighted by Crippen LogP contribution is -2.04. The van der Waals surface area contributed by atoms with E-state index in [-0.39, 0.29) is 11.4 Å². The first kappa shape index (κ1) is 15.8. The fraction of sp³-hybridized carbons (Fsp3) is 0. The number of hydrogen-bond donors (Lipinski definition) is 2. The molecule has 0 aliphatic carbocycles. The number of nitrogens with one attached hydrogen (secondary N) is 1. The van der Waals surface area contributed by atoms with E-state index in [4.69, 9.17) is 0 Å². The van der Waals surface area contributed by atoms with Crippen molar-refractivity contribution in [3.05, 3.63) is 84.4 Å². The summed E-state index contributed by atoms with van der Waals surface area (Å²) in [6.45, 7) is 0. The van der Waals surface area contributed by atoms with Crippen LogP contribution in [0.15, 0.2) is 73.1 Å². The number of para-hydroxylation sites is 2. The van der Waals surface area contributed by atoms with Gasteiger partial charge in [-0.15, -0.1) is 0 Å². The molecule has 6 heteroatoms. The Kier molecular flexibility index (Phi) is 3.85. The highest BCUT2D eigenvalue weighted by atomic mass is 19.1. The van der Waals surface area contributed by atoms with Gasteiger partial charge in [0.15, 0.2) is 0 Å². The van der Waals surface area contributed by atoms with Crippen LogP contribution in [0, 0.1) is 5.82 Å². The molecule has 1 heterocycles. The lowest BCUT2D eigenvalue weighted by Gasteiger charge is -2.13. The van der Waals surface area contributed by atoms with E-state index in [9.17, 15) is 14.3 Å². The molecule has 5 nitrogen and oxygen atoms in total. The van der Waals surface area contributed by atoms with Gasteiger partial charge in [0.05, 0.1) is 22.3 Å². The van der Waals surface area contributed by atoms with Gasteiger partial charge in [0.1, 0.15) is 12.1 Å². The molecular formula is C20H14FN3O2. The van der Waals surface area contributed by atoms with E-state index >= 15 is 0 Å². The fourth-order valence-corrected chi connectivity index (χ4v) is 2.83. The summed E-state index contributed by atoms with van der Waals surface area (Å²) in [7, 11) is 0. The van der Waals surface area contributed by atoms with Gasteiger partial charge in [0.2, 0.25) is 0 Å². The minimum Gasteiger partial charge on any atom is -0.478 e. The molecule has 0 aliphatic rings. The standard InChI is InChI=1S/C20H14FN3O2/c21-13-5-7-14(8-6-13)23-18-11-15(9-10-16(18)20(25)26)24-12-22-17-3-1-2-4-19(17)24/h1-12,23H,(H,25,26). The molecule has 0 amide bonds. The van der Waals surface area contributed by atoms with Gasteiger partial charge >= 0.3 is 5.97 Å². The van der Waals surface area contributed by atoms with Crippen molar-refractivity contribution in [2.24, 2.45) is 0 Å². The van der Waals surface area contributed by atoms with Gasteiger partial charge in [-0.3, -0.25) is 4.57 Å². The maximum Gasteiger partial charge on any atom is 0.337 e. The quantitative estimate of drug-likeness (QED) is 0.566. The van der Waals surface area contributed by atoms with Crippen molar-refractivity contribution in [2.45, 2.75) is 0 Å². The highest BCUT2D eigenvalue weighted by Gasteiger charge is 2.13. The monoisotopic (exact) mass is 347 g/mol. The van der Waals surface area contributed by atoms with Crippen LogP contribution in [-0.2, 0) is 0 Å². The lowest BCUT2D eigenvalue weighted by atomic mass is 10.1. The van der Waals surface area contributed by atoms with E-state index in [2.05, 4.69) is 10.3 Å². The van der Waals surface area contributed by atoms with Crippen molar-refractivity contribution in [1.82, 2.24) is 9.55 Å². The van der Waals surface area contributed by atoms with Crippen molar-refractivity contribution in [2.75, 3.05) is 5.32 Å². The number of benzene rings is 3. The number of nitrogens with zero attached hydrogens (tertiary/aromatic N) is 2. The number of carboxylic acid groups (broad SMARTS) is 1. The summed E-state index contributed by atoms with van der Waals surface area (Å²) >= 11 is 0. The van der Waals surface area contributed by atoms with Gasteiger partial charge in [0, 0.05) is 11.4 Å². The van der Waals surface area contributed by atoms with Crippen molar-refractivity contribution in [3.8, 4) is 5.69 Å². The van der Waals surface area contributed by atoms with Gasteiger partial charge < -0.3 is 10.4 Å². The maximum atomic E-state index is 13.1. The van der Waals surface area contributed by atoms with E-state index in [0.29, 0.717) is 11.4 Å². The van der Waals surface area contributed by atoms with Crippen LogP contribution < -0.4 is 5.32 Å². The van der Waals surface area contributed by atoms with Gasteiger partial charge in [-0.25, -0.2) is 14.2 Å². The van der Waals surface area contributed by atoms with Crippen molar-refractivity contribution < 1.29 is 14.3 Å². The number of halogens is 1. The molecule has 0 fully saturated rings. The molecule has 3 aromatic carbocycles. The molecule has 0 unspecified atom stereocenters. The summed E-state index contributed by atoms with van der Waals surface area (Å²) in [6, 6.07) is 18.4. The number of carbonyl (C=O) groups is 1. The SMILES string of the molecule is O=C(O)c1ccc(-n2cnc3ccccc32)cc1Nc1ccc(F)cc1. The number of aromatic nitrogens is 2. The Bertz CT molecular complexity index is 1100. The first-order chi connectivity index (χ1) is 12.6. The van der Waals surface area contributed by atoms with Crippen molar-refractivity contribution >= 4 is 28.4 Å². The molecule has 0 radical (unpaired) electrons. The maximum absolute atomic E-state index is 13.1. The Morgan fingerprint density at radius 3 is 2.58 bits per heavy atom. The molecule has 0 spiro atoms. The number of anilines is 2. The van der Waals surface area contributed by atoms with E-state index in [1.165, 1.54) is 18.2 Å². The third-order valence-electron chi connectivity index (χ3n) is 4.09. The number of fused-ring (bicyclic) bond motifs is 1. The van der Waals surface area contributed by atoms with E-state index in [1.54, 1.807) is 30.6 Å². The van der Waals surface area contributed by atoms with Crippen LogP contribution in [0.5, 0.6) is 0 Å². The number of carboxylic acids is 1. The number of hydrogen-bond acceptors (Lipinski definition) is 3. The Labute approximate surface area is 148 Å². The van der Waals surface area contributed by atoms with Crippen molar-refractivity contribution in [1.29, 1.82) is 0 Å². The number of rotatable bonds is 4. The van der Waals surface area contributed by atoms with Crippen LogP contribution >= 0.6 is 0 Å². The Morgan fingerprint density at radius 2 is 1.81 bits per heavy atom. The summed E-state index contributed by atoms with van der Waals surface area (Å²) in [5, 5.41) is 12.5. The summed E-state index contributed by atoms with van der Waals surface area (Å²) in [5.41, 5.74) is 3.68. The number of aromatic carboxylic acids is 1. The third kappa shape index (κ3) is 2.88. The largest absolute Gasteiger partial charge is 0.478 e. The summed E-state index contributed by atoms with van der Waals surface area (Å²) in [4.78, 5) is 15.9. The van der Waals surface area contributed by atoms with Crippen LogP contribution in [0.4, 0.5) is 15.8 Å². The topological polar surface area (TPSA) is 67.1 Å². The first-order valence-electron chi connectivity index (χ1n) is 7.94. The molecule has 26 heavy (non-hydrogen) atoms.